The Morgan fingerprint density at radius 1 is 1.05 bits per heavy atom. The van der Waals surface area contributed by atoms with Gasteiger partial charge in [-0.05, 0) is 42.7 Å². The molecular weight excluding hydrogens is 304 g/mol. The first-order valence-electron chi connectivity index (χ1n) is 5.54. The maximum atomic E-state index is 13.4. The molecule has 0 unspecified atom stereocenters. The van der Waals surface area contributed by atoms with E-state index in [9.17, 15) is 17.2 Å². The van der Waals surface area contributed by atoms with Crippen molar-refractivity contribution < 1.29 is 17.2 Å². The fourth-order valence-electron chi connectivity index (χ4n) is 1.53. The van der Waals surface area contributed by atoms with Crippen LogP contribution < -0.4 is 4.72 Å². The summed E-state index contributed by atoms with van der Waals surface area (Å²) in [5.41, 5.74) is -0.291. The number of halogens is 2. The van der Waals surface area contributed by atoms with Gasteiger partial charge in [0, 0.05) is 11.0 Å². The molecule has 0 atom stereocenters. The van der Waals surface area contributed by atoms with Crippen LogP contribution in [0, 0.1) is 11.6 Å². The van der Waals surface area contributed by atoms with Gasteiger partial charge in [-0.15, -0.1) is 11.8 Å². The average Bonchev–Trinajstić information content (AvgIpc) is 2.42. The normalized spacial score (nSPS) is 11.3. The molecular formula is C13H11F2NO2S2. The molecule has 0 bridgehead atoms. The predicted molar refractivity (Wildman–Crippen MR) is 75.4 cm³/mol. The molecule has 0 fully saturated rings. The van der Waals surface area contributed by atoms with Gasteiger partial charge >= 0.3 is 0 Å². The zero-order chi connectivity index (χ0) is 14.8. The molecule has 0 aliphatic carbocycles. The fraction of sp³-hybridized carbons (Fsp3) is 0.0769. The molecule has 20 heavy (non-hydrogen) atoms. The molecule has 3 nitrogen and oxygen atoms in total. The summed E-state index contributed by atoms with van der Waals surface area (Å²) in [4.78, 5) is 0.927. The highest BCUT2D eigenvalue weighted by atomic mass is 32.2. The van der Waals surface area contributed by atoms with Crippen molar-refractivity contribution in [2.45, 2.75) is 9.79 Å². The zero-order valence-electron chi connectivity index (χ0n) is 10.4. The van der Waals surface area contributed by atoms with Crippen LogP contribution in [-0.2, 0) is 10.0 Å². The monoisotopic (exact) mass is 315 g/mol. The molecule has 0 heterocycles. The van der Waals surface area contributed by atoms with E-state index < -0.39 is 21.7 Å². The minimum atomic E-state index is -3.90. The zero-order valence-corrected chi connectivity index (χ0v) is 12.1. The second-order valence-corrected chi connectivity index (χ2v) is 6.47. The summed E-state index contributed by atoms with van der Waals surface area (Å²) in [7, 11) is -3.90. The summed E-state index contributed by atoms with van der Waals surface area (Å²) in [5.74, 6) is -1.73. The number of nitrogens with one attached hydrogen (secondary N) is 1. The Hall–Kier alpha value is -1.60. The highest BCUT2D eigenvalue weighted by Crippen LogP contribution is 2.22. The van der Waals surface area contributed by atoms with Gasteiger partial charge in [0.25, 0.3) is 10.0 Å². The van der Waals surface area contributed by atoms with Gasteiger partial charge in [-0.3, -0.25) is 4.72 Å². The molecule has 0 spiro atoms. The predicted octanol–water partition coefficient (Wildman–Crippen LogP) is 3.49. The van der Waals surface area contributed by atoms with Crippen LogP contribution in [0.4, 0.5) is 14.5 Å². The molecule has 106 valence electrons. The lowest BCUT2D eigenvalue weighted by atomic mass is 10.3. The minimum Gasteiger partial charge on any atom is -0.277 e. The number of rotatable bonds is 4. The molecule has 2 rings (SSSR count). The molecule has 2 aromatic rings. The molecule has 7 heteroatoms. The number of anilines is 1. The Balaban J connectivity index is 2.30. The Morgan fingerprint density at radius 2 is 1.70 bits per heavy atom. The first-order chi connectivity index (χ1) is 9.42. The van der Waals surface area contributed by atoms with Crippen molar-refractivity contribution in [3.05, 3.63) is 54.1 Å². The summed E-state index contributed by atoms with van der Waals surface area (Å²) < 4.78 is 52.4. The van der Waals surface area contributed by atoms with E-state index in [4.69, 9.17) is 0 Å². The maximum absolute atomic E-state index is 13.4. The van der Waals surface area contributed by atoms with Crippen molar-refractivity contribution in [2.75, 3.05) is 11.0 Å². The first-order valence-corrected chi connectivity index (χ1v) is 8.25. The van der Waals surface area contributed by atoms with Gasteiger partial charge in [0.15, 0.2) is 0 Å². The number of thioether (sulfide) groups is 1. The van der Waals surface area contributed by atoms with E-state index in [1.165, 1.54) is 23.9 Å². The van der Waals surface area contributed by atoms with E-state index >= 15 is 0 Å². The van der Waals surface area contributed by atoms with Gasteiger partial charge < -0.3 is 0 Å². The van der Waals surface area contributed by atoms with Gasteiger partial charge in [-0.1, -0.05) is 0 Å². The molecule has 0 aliphatic heterocycles. The van der Waals surface area contributed by atoms with Crippen molar-refractivity contribution in [2.24, 2.45) is 0 Å². The smallest absolute Gasteiger partial charge is 0.261 e. The van der Waals surface area contributed by atoms with E-state index in [1.54, 1.807) is 12.1 Å². The third-order valence-electron chi connectivity index (χ3n) is 2.55. The molecule has 0 saturated heterocycles. The Labute approximate surface area is 120 Å². The summed E-state index contributed by atoms with van der Waals surface area (Å²) in [6.45, 7) is 0. The number of hydrogen-bond acceptors (Lipinski definition) is 3. The number of hydrogen-bond donors (Lipinski definition) is 1. The van der Waals surface area contributed by atoms with Gasteiger partial charge in [0.05, 0.1) is 10.6 Å². The molecule has 2 aromatic carbocycles. The minimum absolute atomic E-state index is 0.0130. The lowest BCUT2D eigenvalue weighted by molar-refractivity contribution is 0.583. The Morgan fingerprint density at radius 3 is 2.25 bits per heavy atom. The maximum Gasteiger partial charge on any atom is 0.261 e. The third kappa shape index (κ3) is 3.29. The van der Waals surface area contributed by atoms with Crippen LogP contribution in [0.5, 0.6) is 0 Å². The standard InChI is InChI=1S/C13H11F2NO2S2/c1-19-10-3-5-11(6-4-10)20(17,18)16-13-7-2-9(14)8-12(13)15/h2-8,16H,1H3. The topological polar surface area (TPSA) is 46.2 Å². The van der Waals surface area contributed by atoms with Gasteiger partial charge in [-0.2, -0.15) is 0 Å². The highest BCUT2D eigenvalue weighted by molar-refractivity contribution is 7.98. The van der Waals surface area contributed by atoms with Gasteiger partial charge in [0.1, 0.15) is 11.6 Å². The van der Waals surface area contributed by atoms with E-state index in [0.29, 0.717) is 6.07 Å². The second kappa shape index (κ2) is 5.80. The average molecular weight is 315 g/mol. The third-order valence-corrected chi connectivity index (χ3v) is 4.67. The molecule has 0 aromatic heterocycles. The van der Waals surface area contributed by atoms with Crippen LogP contribution >= 0.6 is 11.8 Å². The van der Waals surface area contributed by atoms with Crippen LogP contribution in [-0.4, -0.2) is 14.7 Å². The van der Waals surface area contributed by atoms with Crippen molar-refractivity contribution in [3.8, 4) is 0 Å². The largest absolute Gasteiger partial charge is 0.277 e. The fourth-order valence-corrected chi connectivity index (χ4v) is 3.01. The van der Waals surface area contributed by atoms with E-state index in [0.717, 1.165) is 17.0 Å². The van der Waals surface area contributed by atoms with Crippen molar-refractivity contribution in [1.82, 2.24) is 0 Å². The summed E-state index contributed by atoms with van der Waals surface area (Å²) in [5, 5.41) is 0. The van der Waals surface area contributed by atoms with Crippen LogP contribution in [0.15, 0.2) is 52.3 Å². The molecule has 0 aliphatic rings. The van der Waals surface area contributed by atoms with Crippen molar-refractivity contribution in [3.63, 3.8) is 0 Å². The SMILES string of the molecule is CSc1ccc(S(=O)(=O)Nc2ccc(F)cc2F)cc1. The summed E-state index contributed by atoms with van der Waals surface area (Å²) >= 11 is 1.48. The molecule has 0 amide bonds. The number of sulfonamides is 1. The Bertz CT molecular complexity index is 716. The first kappa shape index (κ1) is 14.8. The second-order valence-electron chi connectivity index (χ2n) is 3.91. The molecule has 0 radical (unpaired) electrons. The van der Waals surface area contributed by atoms with Crippen molar-refractivity contribution >= 4 is 27.5 Å². The molecule has 0 saturated carbocycles. The van der Waals surface area contributed by atoms with E-state index in [2.05, 4.69) is 4.72 Å². The van der Waals surface area contributed by atoms with Crippen molar-refractivity contribution in [1.29, 1.82) is 0 Å². The lowest BCUT2D eigenvalue weighted by Crippen LogP contribution is -2.14. The van der Waals surface area contributed by atoms with E-state index in [-0.39, 0.29) is 10.6 Å². The van der Waals surface area contributed by atoms with Crippen LogP contribution in [0.2, 0.25) is 0 Å². The number of benzene rings is 2. The Kier molecular flexibility index (Phi) is 4.29. The van der Waals surface area contributed by atoms with Gasteiger partial charge in [-0.25, -0.2) is 17.2 Å². The highest BCUT2D eigenvalue weighted by Gasteiger charge is 2.16. The summed E-state index contributed by atoms with van der Waals surface area (Å²) in [6.07, 6.45) is 1.87. The van der Waals surface area contributed by atoms with Gasteiger partial charge in [0.2, 0.25) is 0 Å². The summed E-state index contributed by atoms with van der Waals surface area (Å²) in [6, 6.07) is 8.80. The van der Waals surface area contributed by atoms with Crippen LogP contribution in [0.1, 0.15) is 0 Å². The quantitative estimate of drug-likeness (QED) is 0.879. The van der Waals surface area contributed by atoms with Crippen LogP contribution in [0.3, 0.4) is 0 Å². The molecule has 1 N–H and O–H groups in total. The van der Waals surface area contributed by atoms with E-state index in [1.807, 2.05) is 6.26 Å². The van der Waals surface area contributed by atoms with Crippen LogP contribution in [0.25, 0.3) is 0 Å². The lowest BCUT2D eigenvalue weighted by Gasteiger charge is -2.09.